The first-order chi connectivity index (χ1) is 4.91. The number of rotatable bonds is 5. The van der Waals surface area contributed by atoms with Gasteiger partial charge in [0.15, 0.2) is 17.4 Å². The molecule has 2 atom stereocenters. The minimum Gasteiger partial charge on any atom is -0.330 e. The van der Waals surface area contributed by atoms with Gasteiger partial charge in [-0.2, -0.15) is 0 Å². The van der Waals surface area contributed by atoms with Gasteiger partial charge in [0.05, 0.1) is 13.2 Å². The van der Waals surface area contributed by atoms with Crippen LogP contribution in [-0.4, -0.2) is 13.2 Å². The molecular weight excluding hydrogens is 174 g/mol. The SMILES string of the molecule is C=C.O=[PH2]OCCO[PH2]=O. The van der Waals surface area contributed by atoms with Gasteiger partial charge in [-0.3, -0.25) is 9.13 Å². The predicted molar refractivity (Wildman–Crippen MR) is 44.0 cm³/mol. The molecule has 0 radical (unpaired) electrons. The third kappa shape index (κ3) is 15.7. The Balaban J connectivity index is 0. The van der Waals surface area contributed by atoms with E-state index in [9.17, 15) is 9.13 Å². The van der Waals surface area contributed by atoms with E-state index >= 15 is 0 Å². The topological polar surface area (TPSA) is 52.6 Å². The quantitative estimate of drug-likeness (QED) is 0.367. The minimum atomic E-state index is -1.15. The first-order valence-corrected chi connectivity index (χ1v) is 4.41. The number of hydrogen-bond donors (Lipinski definition) is 0. The van der Waals surface area contributed by atoms with Crippen LogP contribution in [0.3, 0.4) is 0 Å². The van der Waals surface area contributed by atoms with Crippen molar-refractivity contribution in [2.75, 3.05) is 13.2 Å². The molecule has 0 aromatic rings. The molecule has 2 unspecified atom stereocenters. The molecule has 10 heavy (non-hydrogen) atoms. The molecule has 0 aliphatic heterocycles. The standard InChI is InChI=1S/C2H8O4P2.C2H4/c3-7-5-1-2-6-8-4;1-2/h1-2,7-8H2;1-2H2. The zero-order chi connectivity index (χ0) is 8.24. The van der Waals surface area contributed by atoms with Crippen molar-refractivity contribution in [3.8, 4) is 0 Å². The molecule has 0 N–H and O–H groups in total. The summed E-state index contributed by atoms with van der Waals surface area (Å²) in [5.41, 5.74) is 0. The van der Waals surface area contributed by atoms with Crippen LogP contribution in [0.4, 0.5) is 0 Å². The van der Waals surface area contributed by atoms with Crippen molar-refractivity contribution in [3.63, 3.8) is 0 Å². The third-order valence-corrected chi connectivity index (χ3v) is 1.20. The Morgan fingerprint density at radius 2 is 1.30 bits per heavy atom. The summed E-state index contributed by atoms with van der Waals surface area (Å²) >= 11 is 0. The molecule has 0 aliphatic rings. The van der Waals surface area contributed by atoms with E-state index in [4.69, 9.17) is 0 Å². The zero-order valence-corrected chi connectivity index (χ0v) is 7.93. The second-order valence-corrected chi connectivity index (χ2v) is 1.99. The van der Waals surface area contributed by atoms with Crippen molar-refractivity contribution in [2.45, 2.75) is 0 Å². The molecule has 0 aromatic carbocycles. The molecule has 0 aliphatic carbocycles. The molecular formula is C4H12O4P2. The van der Waals surface area contributed by atoms with E-state index in [2.05, 4.69) is 22.2 Å². The molecule has 62 valence electrons. The van der Waals surface area contributed by atoms with Gasteiger partial charge < -0.3 is 9.05 Å². The Kier molecular flexibility index (Phi) is 20.5. The van der Waals surface area contributed by atoms with Crippen molar-refractivity contribution in [1.82, 2.24) is 0 Å². The van der Waals surface area contributed by atoms with Crippen LogP contribution in [-0.2, 0) is 18.2 Å². The van der Waals surface area contributed by atoms with Crippen LogP contribution in [0.15, 0.2) is 13.2 Å². The van der Waals surface area contributed by atoms with E-state index in [-0.39, 0.29) is 13.2 Å². The lowest BCUT2D eigenvalue weighted by Crippen LogP contribution is -1.90. The molecule has 0 rings (SSSR count). The highest BCUT2D eigenvalue weighted by Crippen LogP contribution is 1.96. The van der Waals surface area contributed by atoms with E-state index in [1.807, 2.05) is 0 Å². The number of hydrogen-bond acceptors (Lipinski definition) is 4. The maximum Gasteiger partial charge on any atom is 0.180 e. The fourth-order valence-corrected chi connectivity index (χ4v) is 0.577. The van der Waals surface area contributed by atoms with E-state index in [1.54, 1.807) is 0 Å². The first-order valence-electron chi connectivity index (χ1n) is 2.52. The van der Waals surface area contributed by atoms with Gasteiger partial charge in [-0.05, 0) is 0 Å². The maximum atomic E-state index is 9.63. The van der Waals surface area contributed by atoms with Crippen molar-refractivity contribution in [3.05, 3.63) is 13.2 Å². The van der Waals surface area contributed by atoms with E-state index in [0.29, 0.717) is 0 Å². The smallest absolute Gasteiger partial charge is 0.180 e. The van der Waals surface area contributed by atoms with Crippen LogP contribution in [0.1, 0.15) is 0 Å². The fraction of sp³-hybridized carbons (Fsp3) is 0.500. The van der Waals surface area contributed by atoms with Crippen molar-refractivity contribution >= 4 is 17.4 Å². The summed E-state index contributed by atoms with van der Waals surface area (Å²) in [6, 6.07) is 0. The summed E-state index contributed by atoms with van der Waals surface area (Å²) in [6.45, 7) is 6.54. The molecule has 0 spiro atoms. The lowest BCUT2D eigenvalue weighted by atomic mass is 10.8. The molecule has 0 saturated heterocycles. The molecule has 0 amide bonds. The van der Waals surface area contributed by atoms with Crippen molar-refractivity contribution in [1.29, 1.82) is 0 Å². The highest BCUT2D eigenvalue weighted by atomic mass is 31.1. The van der Waals surface area contributed by atoms with E-state index in [0.717, 1.165) is 0 Å². The lowest BCUT2D eigenvalue weighted by molar-refractivity contribution is 0.243. The summed E-state index contributed by atoms with van der Waals surface area (Å²) in [7, 11) is -2.29. The molecule has 0 heterocycles. The Bertz CT molecular complexity index is 77.3. The monoisotopic (exact) mass is 186 g/mol. The average molecular weight is 186 g/mol. The van der Waals surface area contributed by atoms with Crippen molar-refractivity contribution < 1.29 is 18.2 Å². The molecule has 6 heteroatoms. The normalized spacial score (nSPS) is 10.4. The highest BCUT2D eigenvalue weighted by molar-refractivity contribution is 7.17. The molecule has 0 fully saturated rings. The fourth-order valence-electron chi connectivity index (χ4n) is 0.192. The second-order valence-electron chi connectivity index (χ2n) is 0.934. The largest absolute Gasteiger partial charge is 0.330 e. The van der Waals surface area contributed by atoms with Gasteiger partial charge in [0.25, 0.3) is 0 Å². The van der Waals surface area contributed by atoms with Crippen molar-refractivity contribution in [2.24, 2.45) is 0 Å². The Morgan fingerprint density at radius 3 is 1.50 bits per heavy atom. The van der Waals surface area contributed by atoms with Crippen LogP contribution in [0.25, 0.3) is 0 Å². The van der Waals surface area contributed by atoms with Crippen LogP contribution in [0, 0.1) is 0 Å². The molecule has 0 aromatic heterocycles. The highest BCUT2D eigenvalue weighted by Gasteiger charge is 1.80. The summed E-state index contributed by atoms with van der Waals surface area (Å²) in [4.78, 5) is 0. The van der Waals surface area contributed by atoms with Gasteiger partial charge in [-0.25, -0.2) is 0 Å². The molecule has 0 saturated carbocycles. The Morgan fingerprint density at radius 1 is 1.00 bits per heavy atom. The average Bonchev–Trinajstić information content (AvgIpc) is 2.02. The Labute approximate surface area is 62.8 Å². The second kappa shape index (κ2) is 16.1. The van der Waals surface area contributed by atoms with Crippen LogP contribution < -0.4 is 0 Å². The zero-order valence-electron chi connectivity index (χ0n) is 5.62. The van der Waals surface area contributed by atoms with Gasteiger partial charge in [0.2, 0.25) is 0 Å². The van der Waals surface area contributed by atoms with Crippen LogP contribution in [0.2, 0.25) is 0 Å². The van der Waals surface area contributed by atoms with Gasteiger partial charge in [0.1, 0.15) is 0 Å². The third-order valence-electron chi connectivity index (χ3n) is 0.455. The van der Waals surface area contributed by atoms with E-state index in [1.165, 1.54) is 0 Å². The van der Waals surface area contributed by atoms with Gasteiger partial charge in [0, 0.05) is 0 Å². The summed E-state index contributed by atoms with van der Waals surface area (Å²) in [6.07, 6.45) is 0. The van der Waals surface area contributed by atoms with Gasteiger partial charge in [-0.1, -0.05) is 0 Å². The molecule has 4 nitrogen and oxygen atoms in total. The summed E-state index contributed by atoms with van der Waals surface area (Å²) in [5.74, 6) is 0. The lowest BCUT2D eigenvalue weighted by Gasteiger charge is -1.91. The van der Waals surface area contributed by atoms with E-state index < -0.39 is 17.4 Å². The summed E-state index contributed by atoms with van der Waals surface area (Å²) < 4.78 is 28.1. The Hall–Kier alpha value is 0.120. The minimum absolute atomic E-state index is 0.272. The molecule has 0 bridgehead atoms. The first kappa shape index (κ1) is 12.8. The predicted octanol–water partition coefficient (Wildman–Crippen LogP) is 1.16. The summed E-state index contributed by atoms with van der Waals surface area (Å²) in [5, 5.41) is 0. The maximum absolute atomic E-state index is 9.63. The van der Waals surface area contributed by atoms with Gasteiger partial charge in [-0.15, -0.1) is 13.2 Å². The van der Waals surface area contributed by atoms with Crippen LogP contribution in [0.5, 0.6) is 0 Å². The van der Waals surface area contributed by atoms with Crippen LogP contribution >= 0.6 is 17.4 Å². The van der Waals surface area contributed by atoms with Gasteiger partial charge >= 0.3 is 0 Å².